The highest BCUT2D eigenvalue weighted by atomic mass is 19.2. The molecule has 0 atom stereocenters. The van der Waals surface area contributed by atoms with Crippen LogP contribution in [0.15, 0.2) is 146 Å². The Morgan fingerprint density at radius 1 is 0.275 bits per heavy atom. The van der Waals surface area contributed by atoms with E-state index in [4.69, 9.17) is 18.9 Å². The summed E-state index contributed by atoms with van der Waals surface area (Å²) in [7, 11) is 0. The van der Waals surface area contributed by atoms with Crippen molar-refractivity contribution in [3.8, 4) is 68.2 Å². The highest BCUT2D eigenvalue weighted by Crippen LogP contribution is 2.61. The van der Waals surface area contributed by atoms with Crippen LogP contribution in [-0.4, -0.2) is 0 Å². The maximum Gasteiger partial charge on any atom is 0.166 e. The predicted molar refractivity (Wildman–Crippen MR) is 301 cm³/mol. The van der Waals surface area contributed by atoms with Gasteiger partial charge in [0.1, 0.15) is 46.3 Å². The minimum atomic E-state index is -0.933. The van der Waals surface area contributed by atoms with Crippen LogP contribution in [0.4, 0.5) is 35.1 Å². The fourth-order valence-electron chi connectivity index (χ4n) is 11.1. The zero-order chi connectivity index (χ0) is 56.6. The summed E-state index contributed by atoms with van der Waals surface area (Å²) >= 11 is 0. The van der Waals surface area contributed by atoms with Gasteiger partial charge in [0.05, 0.1) is 0 Å². The summed E-state index contributed by atoms with van der Waals surface area (Å²) in [6.07, 6.45) is 0. The second kappa shape index (κ2) is 20.9. The fraction of sp³-hybridized carbons (Fsp3) is 0.176. The molecule has 4 nitrogen and oxygen atoms in total. The summed E-state index contributed by atoms with van der Waals surface area (Å²) in [6.45, 7) is 16.5. The van der Waals surface area contributed by atoms with Crippen LogP contribution in [0, 0.1) is 46.5 Å². The minimum absolute atomic E-state index is 0.0409. The maximum absolute atomic E-state index is 16.9. The van der Waals surface area contributed by atoms with E-state index in [-0.39, 0.29) is 79.0 Å². The molecule has 0 saturated heterocycles. The molecule has 0 aliphatic heterocycles. The lowest BCUT2D eigenvalue weighted by molar-refractivity contribution is 0.437. The van der Waals surface area contributed by atoms with E-state index in [1.165, 1.54) is 6.07 Å². The number of hydrogen-bond acceptors (Lipinski definition) is 4. The first-order valence-electron chi connectivity index (χ1n) is 26.3. The highest BCUT2D eigenvalue weighted by Gasteiger charge is 2.35. The molecule has 0 aromatic heterocycles. The average molecular weight is 1090 g/mol. The standard InChI is InChI=1S/C68H52F8O4/c1-33(2)42-11-9-12-43(34(3)4)59(42)61-46-21-28-53(79-56-31-40(71)19-24-49(56)75)65-62(46)67(68(80-57-32-41(72)20-25-50(57)76)66(61)60-44(35(5)6)13-10-14-45(60)36(7)8)64-52(78-55-30-39(70)18-23-48(55)74)27-16-37-15-26-51(63(65)58(37)64)77-54-29-38(69)17-22-47(54)73/h9-36H,1-8H3. The molecule has 0 unspecified atom stereocenters. The van der Waals surface area contributed by atoms with Gasteiger partial charge in [0, 0.05) is 67.7 Å². The van der Waals surface area contributed by atoms with Crippen molar-refractivity contribution in [2.75, 3.05) is 0 Å². The van der Waals surface area contributed by atoms with Gasteiger partial charge in [-0.3, -0.25) is 0 Å². The van der Waals surface area contributed by atoms with Crippen LogP contribution in [-0.2, 0) is 0 Å². The van der Waals surface area contributed by atoms with Crippen LogP contribution < -0.4 is 18.9 Å². The van der Waals surface area contributed by atoms with Gasteiger partial charge in [-0.1, -0.05) is 104 Å². The summed E-state index contributed by atoms with van der Waals surface area (Å²) in [5, 5.41) is 1.93. The molecule has 0 bridgehead atoms. The second-order valence-corrected chi connectivity index (χ2v) is 21.2. The molecule has 0 heterocycles. The van der Waals surface area contributed by atoms with E-state index < -0.39 is 69.5 Å². The summed E-state index contributed by atoms with van der Waals surface area (Å²) in [4.78, 5) is 0. The van der Waals surface area contributed by atoms with E-state index in [1.807, 2.05) is 36.4 Å². The molecule has 0 N–H and O–H groups in total. The molecule has 0 saturated carbocycles. The Bertz CT molecular complexity index is 4150. The molecule has 0 aliphatic rings. The normalized spacial score (nSPS) is 11.9. The van der Waals surface area contributed by atoms with Crippen molar-refractivity contribution in [1.29, 1.82) is 0 Å². The van der Waals surface area contributed by atoms with Gasteiger partial charge in [-0.25, -0.2) is 35.1 Å². The summed E-state index contributed by atoms with van der Waals surface area (Å²) in [5.41, 5.74) is 6.06. The number of hydrogen-bond donors (Lipinski definition) is 0. The Balaban J connectivity index is 1.52. The Labute approximate surface area is 457 Å². The first-order valence-corrected chi connectivity index (χ1v) is 26.3. The Kier molecular flexibility index (Phi) is 13.9. The van der Waals surface area contributed by atoms with Crippen LogP contribution in [0.3, 0.4) is 0 Å². The molecule has 0 spiro atoms. The SMILES string of the molecule is CC(C)c1cccc(C(C)C)c1-c1c(-c2c(C(C)C)cccc2C(C)C)c2ccc(Oc3cc(F)ccc3F)c3c4c(Oc5cc(F)ccc5F)ccc5ccc(Oc6cc(F)ccc6F)c(c(c1Oc1cc(F)ccc1F)c23)c54. The number of halogens is 8. The molecule has 0 aliphatic carbocycles. The molecule has 0 fully saturated rings. The van der Waals surface area contributed by atoms with Crippen LogP contribution in [0.5, 0.6) is 46.0 Å². The summed E-state index contributed by atoms with van der Waals surface area (Å²) in [6, 6.07) is 32.8. The molecule has 11 aromatic carbocycles. The predicted octanol–water partition coefficient (Wildman–Crippen LogP) is 21.8. The molecule has 0 radical (unpaired) electrons. The molecular weight excluding hydrogens is 1030 g/mol. The Hall–Kier alpha value is -8.64. The third-order valence-electron chi connectivity index (χ3n) is 14.7. The van der Waals surface area contributed by atoms with Crippen molar-refractivity contribution < 1.29 is 54.1 Å². The largest absolute Gasteiger partial charge is 0.453 e. The van der Waals surface area contributed by atoms with E-state index >= 15 is 35.1 Å². The van der Waals surface area contributed by atoms with Gasteiger partial charge in [0.15, 0.2) is 46.3 Å². The van der Waals surface area contributed by atoms with Crippen molar-refractivity contribution in [1.82, 2.24) is 0 Å². The van der Waals surface area contributed by atoms with E-state index in [0.29, 0.717) is 27.5 Å². The monoisotopic (exact) mass is 1080 g/mol. The molecule has 11 rings (SSSR count). The third-order valence-corrected chi connectivity index (χ3v) is 14.7. The first kappa shape index (κ1) is 53.4. The number of fused-ring (bicyclic) bond motifs is 2. The van der Waals surface area contributed by atoms with Crippen LogP contribution in [0.1, 0.15) is 101 Å². The molecule has 404 valence electrons. The smallest absolute Gasteiger partial charge is 0.166 e. The van der Waals surface area contributed by atoms with Crippen LogP contribution in [0.2, 0.25) is 0 Å². The van der Waals surface area contributed by atoms with E-state index in [0.717, 1.165) is 101 Å². The van der Waals surface area contributed by atoms with Gasteiger partial charge in [-0.05, 0) is 141 Å². The fourth-order valence-corrected chi connectivity index (χ4v) is 11.1. The van der Waals surface area contributed by atoms with Crippen molar-refractivity contribution in [2.24, 2.45) is 0 Å². The number of benzene rings is 11. The second-order valence-electron chi connectivity index (χ2n) is 21.2. The Morgan fingerprint density at radius 2 is 0.600 bits per heavy atom. The topological polar surface area (TPSA) is 36.9 Å². The zero-order valence-corrected chi connectivity index (χ0v) is 44.8. The van der Waals surface area contributed by atoms with Crippen LogP contribution in [0.25, 0.3) is 65.3 Å². The van der Waals surface area contributed by atoms with Gasteiger partial charge >= 0.3 is 0 Å². The van der Waals surface area contributed by atoms with E-state index in [1.54, 1.807) is 30.3 Å². The third kappa shape index (κ3) is 9.33. The van der Waals surface area contributed by atoms with Gasteiger partial charge in [0.25, 0.3) is 0 Å². The van der Waals surface area contributed by atoms with Gasteiger partial charge in [-0.2, -0.15) is 0 Å². The first-order chi connectivity index (χ1) is 38.3. The van der Waals surface area contributed by atoms with E-state index in [2.05, 4.69) is 55.4 Å². The maximum atomic E-state index is 16.9. The van der Waals surface area contributed by atoms with Gasteiger partial charge < -0.3 is 18.9 Å². The molecule has 80 heavy (non-hydrogen) atoms. The summed E-state index contributed by atoms with van der Waals surface area (Å²) < 4.78 is 153. The lowest BCUT2D eigenvalue weighted by Gasteiger charge is -2.31. The van der Waals surface area contributed by atoms with Crippen molar-refractivity contribution in [2.45, 2.75) is 79.1 Å². The molecule has 12 heteroatoms. The lowest BCUT2D eigenvalue weighted by atomic mass is 9.75. The van der Waals surface area contributed by atoms with Crippen LogP contribution >= 0.6 is 0 Å². The van der Waals surface area contributed by atoms with Gasteiger partial charge in [0.2, 0.25) is 0 Å². The van der Waals surface area contributed by atoms with E-state index in [9.17, 15) is 0 Å². The quantitative estimate of drug-likeness (QED) is 0.0618. The Morgan fingerprint density at radius 3 is 0.975 bits per heavy atom. The van der Waals surface area contributed by atoms with Crippen molar-refractivity contribution in [3.63, 3.8) is 0 Å². The number of ether oxygens (including phenoxy) is 4. The van der Waals surface area contributed by atoms with Crippen molar-refractivity contribution >= 4 is 43.1 Å². The average Bonchev–Trinajstić information content (AvgIpc) is 3.26. The molecule has 11 aromatic rings. The minimum Gasteiger partial charge on any atom is -0.453 e. The number of rotatable bonds is 14. The molecular formula is C68H52F8O4. The molecule has 0 amide bonds. The van der Waals surface area contributed by atoms with Crippen molar-refractivity contribution in [3.05, 3.63) is 214 Å². The highest BCUT2D eigenvalue weighted by molar-refractivity contribution is 6.40. The van der Waals surface area contributed by atoms with Gasteiger partial charge in [-0.15, -0.1) is 0 Å². The summed E-state index contributed by atoms with van der Waals surface area (Å²) in [5.74, 6) is -10.0. The lowest BCUT2D eigenvalue weighted by Crippen LogP contribution is -2.08. The zero-order valence-electron chi connectivity index (χ0n) is 44.8.